The van der Waals surface area contributed by atoms with E-state index in [4.69, 9.17) is 4.74 Å². The molecule has 0 spiro atoms. The number of nitrogens with zero attached hydrogens (tertiary/aromatic N) is 2. The maximum atomic E-state index is 13.3. The molecule has 0 bridgehead atoms. The molecule has 0 radical (unpaired) electrons. The van der Waals surface area contributed by atoms with E-state index >= 15 is 0 Å². The molecule has 1 saturated heterocycles. The van der Waals surface area contributed by atoms with E-state index in [0.29, 0.717) is 25.3 Å². The molecule has 1 heterocycles. The topological polar surface area (TPSA) is 36.3 Å². The standard InChI is InChI=1S/C18H17FN2O/c1-18(15-5-3-2-4-6-15)13-21(9-10-22-18)17-8-7-16(19)11-14(17)12-20/h2-8,11H,9-10,13H2,1H3. The third kappa shape index (κ3) is 2.68. The fourth-order valence-electron chi connectivity index (χ4n) is 2.91. The van der Waals surface area contributed by atoms with Crippen LogP contribution in [-0.2, 0) is 10.3 Å². The summed E-state index contributed by atoms with van der Waals surface area (Å²) in [5.74, 6) is -0.389. The van der Waals surface area contributed by atoms with Crippen LogP contribution in [0.25, 0.3) is 0 Å². The second-order valence-corrected chi connectivity index (χ2v) is 5.64. The minimum Gasteiger partial charge on any atom is -0.367 e. The fourth-order valence-corrected chi connectivity index (χ4v) is 2.91. The van der Waals surface area contributed by atoms with Gasteiger partial charge in [-0.2, -0.15) is 5.26 Å². The number of rotatable bonds is 2. The molecule has 0 saturated carbocycles. The van der Waals surface area contributed by atoms with Crippen molar-refractivity contribution in [1.82, 2.24) is 0 Å². The zero-order valence-electron chi connectivity index (χ0n) is 12.4. The van der Waals surface area contributed by atoms with Crippen LogP contribution in [0, 0.1) is 17.1 Å². The van der Waals surface area contributed by atoms with Gasteiger partial charge in [0.2, 0.25) is 0 Å². The quantitative estimate of drug-likeness (QED) is 0.851. The van der Waals surface area contributed by atoms with Gasteiger partial charge in [0.25, 0.3) is 0 Å². The number of benzene rings is 2. The summed E-state index contributed by atoms with van der Waals surface area (Å²) in [6.07, 6.45) is 0. The van der Waals surface area contributed by atoms with Crippen LogP contribution in [0.3, 0.4) is 0 Å². The van der Waals surface area contributed by atoms with E-state index in [2.05, 4.69) is 11.0 Å². The highest BCUT2D eigenvalue weighted by atomic mass is 19.1. The Labute approximate surface area is 129 Å². The first kappa shape index (κ1) is 14.6. The average Bonchev–Trinajstić information content (AvgIpc) is 2.55. The van der Waals surface area contributed by atoms with Gasteiger partial charge in [0.1, 0.15) is 17.5 Å². The minimum atomic E-state index is -0.444. The summed E-state index contributed by atoms with van der Waals surface area (Å²) in [6, 6.07) is 16.5. The highest BCUT2D eigenvalue weighted by Crippen LogP contribution is 2.33. The third-order valence-corrected chi connectivity index (χ3v) is 4.08. The van der Waals surface area contributed by atoms with Crippen LogP contribution in [0.4, 0.5) is 10.1 Å². The summed E-state index contributed by atoms with van der Waals surface area (Å²) >= 11 is 0. The van der Waals surface area contributed by atoms with Crippen molar-refractivity contribution in [3.63, 3.8) is 0 Å². The molecule has 2 aromatic carbocycles. The highest BCUT2D eigenvalue weighted by Gasteiger charge is 2.34. The second kappa shape index (κ2) is 5.78. The molecule has 0 aliphatic carbocycles. The fraction of sp³-hybridized carbons (Fsp3) is 0.278. The van der Waals surface area contributed by atoms with E-state index < -0.39 is 5.60 Å². The summed E-state index contributed by atoms with van der Waals surface area (Å²) in [5.41, 5.74) is 1.77. The minimum absolute atomic E-state index is 0.359. The molecule has 2 aromatic rings. The Balaban J connectivity index is 1.93. The van der Waals surface area contributed by atoms with Gasteiger partial charge in [-0.1, -0.05) is 30.3 Å². The van der Waals surface area contributed by atoms with Crippen molar-refractivity contribution >= 4 is 5.69 Å². The monoisotopic (exact) mass is 296 g/mol. The van der Waals surface area contributed by atoms with Gasteiger partial charge < -0.3 is 9.64 Å². The number of halogens is 1. The number of hydrogen-bond donors (Lipinski definition) is 0. The van der Waals surface area contributed by atoms with E-state index in [1.165, 1.54) is 12.1 Å². The SMILES string of the molecule is CC1(c2ccccc2)CN(c2ccc(F)cc2C#N)CCO1. The molecule has 1 aliphatic rings. The van der Waals surface area contributed by atoms with Gasteiger partial charge in [-0.15, -0.1) is 0 Å². The average molecular weight is 296 g/mol. The molecule has 1 fully saturated rings. The molecule has 3 rings (SSSR count). The van der Waals surface area contributed by atoms with Crippen LogP contribution >= 0.6 is 0 Å². The smallest absolute Gasteiger partial charge is 0.124 e. The molecule has 1 aliphatic heterocycles. The van der Waals surface area contributed by atoms with Crippen LogP contribution in [-0.4, -0.2) is 19.7 Å². The predicted octanol–water partition coefficient (Wildman–Crippen LogP) is 3.45. The number of hydrogen-bond acceptors (Lipinski definition) is 3. The van der Waals surface area contributed by atoms with Gasteiger partial charge in [0.15, 0.2) is 0 Å². The molecule has 22 heavy (non-hydrogen) atoms. The Morgan fingerprint density at radius 3 is 2.73 bits per heavy atom. The molecule has 1 unspecified atom stereocenters. The lowest BCUT2D eigenvalue weighted by molar-refractivity contribution is -0.0466. The van der Waals surface area contributed by atoms with Gasteiger partial charge in [0, 0.05) is 6.54 Å². The van der Waals surface area contributed by atoms with Gasteiger partial charge in [-0.3, -0.25) is 0 Å². The molecule has 0 N–H and O–H groups in total. The van der Waals surface area contributed by atoms with Crippen molar-refractivity contribution in [3.05, 3.63) is 65.5 Å². The van der Waals surface area contributed by atoms with Gasteiger partial charge in [-0.25, -0.2) is 4.39 Å². The van der Waals surface area contributed by atoms with Crippen molar-refractivity contribution in [1.29, 1.82) is 5.26 Å². The summed E-state index contributed by atoms with van der Waals surface area (Å²) in [5, 5.41) is 9.25. The summed E-state index contributed by atoms with van der Waals surface area (Å²) in [6.45, 7) is 3.91. The Bertz CT molecular complexity index is 711. The van der Waals surface area contributed by atoms with Crippen molar-refractivity contribution in [2.45, 2.75) is 12.5 Å². The zero-order chi connectivity index (χ0) is 15.6. The van der Waals surface area contributed by atoms with Crippen LogP contribution in [0.1, 0.15) is 18.1 Å². The van der Waals surface area contributed by atoms with Crippen LogP contribution in [0.5, 0.6) is 0 Å². The largest absolute Gasteiger partial charge is 0.367 e. The lowest BCUT2D eigenvalue weighted by atomic mass is 9.93. The molecule has 0 amide bonds. The molecule has 1 atom stereocenters. The Kier molecular flexibility index (Phi) is 3.82. The lowest BCUT2D eigenvalue weighted by Crippen LogP contribution is -2.48. The maximum absolute atomic E-state index is 13.3. The Hall–Kier alpha value is -2.38. The van der Waals surface area contributed by atoms with Crippen molar-refractivity contribution in [3.8, 4) is 6.07 Å². The molecular weight excluding hydrogens is 279 g/mol. The van der Waals surface area contributed by atoms with E-state index in [1.54, 1.807) is 6.07 Å². The summed E-state index contributed by atoms with van der Waals surface area (Å²) in [7, 11) is 0. The van der Waals surface area contributed by atoms with E-state index in [9.17, 15) is 9.65 Å². The normalized spacial score (nSPS) is 21.4. The first-order valence-electron chi connectivity index (χ1n) is 7.26. The van der Waals surface area contributed by atoms with E-state index in [-0.39, 0.29) is 5.82 Å². The molecular formula is C18H17FN2O. The Morgan fingerprint density at radius 2 is 2.00 bits per heavy atom. The van der Waals surface area contributed by atoms with E-state index in [1.807, 2.05) is 37.3 Å². The zero-order valence-corrected chi connectivity index (χ0v) is 12.4. The van der Waals surface area contributed by atoms with Gasteiger partial charge in [0.05, 0.1) is 24.4 Å². The number of ether oxygens (including phenoxy) is 1. The summed E-state index contributed by atoms with van der Waals surface area (Å²) < 4.78 is 19.3. The second-order valence-electron chi connectivity index (χ2n) is 5.64. The van der Waals surface area contributed by atoms with Crippen LogP contribution in [0.15, 0.2) is 48.5 Å². The van der Waals surface area contributed by atoms with Crippen molar-refractivity contribution < 1.29 is 9.13 Å². The van der Waals surface area contributed by atoms with E-state index in [0.717, 1.165) is 11.3 Å². The number of anilines is 1. The van der Waals surface area contributed by atoms with Crippen molar-refractivity contribution in [2.75, 3.05) is 24.6 Å². The lowest BCUT2D eigenvalue weighted by Gasteiger charge is -2.42. The van der Waals surface area contributed by atoms with Gasteiger partial charge >= 0.3 is 0 Å². The van der Waals surface area contributed by atoms with Crippen LogP contribution < -0.4 is 4.90 Å². The maximum Gasteiger partial charge on any atom is 0.124 e. The van der Waals surface area contributed by atoms with Crippen molar-refractivity contribution in [2.24, 2.45) is 0 Å². The molecule has 112 valence electrons. The molecule has 3 nitrogen and oxygen atoms in total. The summed E-state index contributed by atoms with van der Waals surface area (Å²) in [4.78, 5) is 2.09. The number of nitriles is 1. The van der Waals surface area contributed by atoms with Crippen LogP contribution in [0.2, 0.25) is 0 Å². The first-order valence-corrected chi connectivity index (χ1v) is 7.26. The Morgan fingerprint density at radius 1 is 1.23 bits per heavy atom. The molecule has 0 aromatic heterocycles. The third-order valence-electron chi connectivity index (χ3n) is 4.08. The highest BCUT2D eigenvalue weighted by molar-refractivity contribution is 5.60. The molecule has 4 heteroatoms. The number of morpholine rings is 1. The predicted molar refractivity (Wildman–Crippen MR) is 83.1 cm³/mol. The van der Waals surface area contributed by atoms with Gasteiger partial charge in [-0.05, 0) is 30.7 Å². The first-order chi connectivity index (χ1) is 10.6.